The zero-order valence-electron chi connectivity index (χ0n) is 7.55. The summed E-state index contributed by atoms with van der Waals surface area (Å²) in [6, 6.07) is 0.376. The van der Waals surface area contributed by atoms with Crippen molar-refractivity contribution in [2.24, 2.45) is 5.73 Å². The molecule has 1 saturated heterocycles. The number of thiocarbonyl (C=S) groups is 1. The van der Waals surface area contributed by atoms with Gasteiger partial charge in [-0.25, -0.2) is 0 Å². The van der Waals surface area contributed by atoms with Gasteiger partial charge in [0, 0.05) is 12.6 Å². The second-order valence-corrected chi connectivity index (χ2v) is 3.86. The summed E-state index contributed by atoms with van der Waals surface area (Å²) in [5.74, 6) is 0. The third-order valence-corrected chi connectivity index (χ3v) is 2.24. The highest BCUT2D eigenvalue weighted by Crippen LogP contribution is 2.07. The monoisotopic (exact) mass is 187 g/mol. The highest BCUT2D eigenvalue weighted by Gasteiger charge is 2.14. The average molecular weight is 187 g/mol. The topological polar surface area (TPSA) is 41.3 Å². The summed E-state index contributed by atoms with van der Waals surface area (Å²) >= 11 is 4.76. The van der Waals surface area contributed by atoms with Crippen molar-refractivity contribution in [2.75, 3.05) is 19.6 Å². The van der Waals surface area contributed by atoms with Crippen LogP contribution in [0, 0.1) is 0 Å². The minimum absolute atomic E-state index is 0.376. The zero-order valence-corrected chi connectivity index (χ0v) is 8.36. The fraction of sp³-hybridized carbons (Fsp3) is 0.875. The van der Waals surface area contributed by atoms with Crippen LogP contribution in [0.15, 0.2) is 0 Å². The SMILES string of the molecule is CC(CN1CCCC1)NC(N)=S. The lowest BCUT2D eigenvalue weighted by molar-refractivity contribution is 0.312. The van der Waals surface area contributed by atoms with Crippen molar-refractivity contribution in [3.8, 4) is 0 Å². The summed E-state index contributed by atoms with van der Waals surface area (Å²) in [7, 11) is 0. The van der Waals surface area contributed by atoms with E-state index in [1.54, 1.807) is 0 Å². The van der Waals surface area contributed by atoms with Crippen LogP contribution in [-0.2, 0) is 0 Å². The van der Waals surface area contributed by atoms with Gasteiger partial charge in [0.15, 0.2) is 5.11 Å². The number of nitrogens with two attached hydrogens (primary N) is 1. The third-order valence-electron chi connectivity index (χ3n) is 2.12. The molecule has 3 nitrogen and oxygen atoms in total. The molecule has 1 atom stereocenters. The smallest absolute Gasteiger partial charge is 0.163 e. The number of nitrogens with one attached hydrogen (secondary N) is 1. The first kappa shape index (κ1) is 9.74. The Hall–Kier alpha value is -0.350. The maximum absolute atomic E-state index is 5.37. The number of rotatable bonds is 3. The van der Waals surface area contributed by atoms with E-state index in [2.05, 4.69) is 17.1 Å². The quantitative estimate of drug-likeness (QED) is 0.624. The summed E-state index contributed by atoms with van der Waals surface area (Å²) in [5.41, 5.74) is 5.37. The molecule has 0 bridgehead atoms. The fourth-order valence-corrected chi connectivity index (χ4v) is 1.84. The van der Waals surface area contributed by atoms with Crippen molar-refractivity contribution in [2.45, 2.75) is 25.8 Å². The van der Waals surface area contributed by atoms with Crippen molar-refractivity contribution in [3.63, 3.8) is 0 Å². The van der Waals surface area contributed by atoms with E-state index in [9.17, 15) is 0 Å². The van der Waals surface area contributed by atoms with Crippen LogP contribution in [-0.4, -0.2) is 35.7 Å². The molecule has 0 aromatic carbocycles. The molecule has 12 heavy (non-hydrogen) atoms. The molecule has 4 heteroatoms. The largest absolute Gasteiger partial charge is 0.376 e. The minimum atomic E-state index is 0.376. The van der Waals surface area contributed by atoms with E-state index in [1.165, 1.54) is 25.9 Å². The normalized spacial score (nSPS) is 20.8. The first-order valence-corrected chi connectivity index (χ1v) is 4.87. The third kappa shape index (κ3) is 3.36. The number of nitrogens with zero attached hydrogens (tertiary/aromatic N) is 1. The van der Waals surface area contributed by atoms with E-state index in [4.69, 9.17) is 18.0 Å². The molecule has 1 aliphatic rings. The second-order valence-electron chi connectivity index (χ2n) is 3.42. The Morgan fingerprint density at radius 2 is 2.17 bits per heavy atom. The molecule has 0 radical (unpaired) electrons. The van der Waals surface area contributed by atoms with Gasteiger partial charge in [0.2, 0.25) is 0 Å². The van der Waals surface area contributed by atoms with Crippen LogP contribution in [0.5, 0.6) is 0 Å². The van der Waals surface area contributed by atoms with Crippen LogP contribution in [0.1, 0.15) is 19.8 Å². The van der Waals surface area contributed by atoms with Gasteiger partial charge in [-0.1, -0.05) is 0 Å². The summed E-state index contributed by atoms with van der Waals surface area (Å²) in [4.78, 5) is 2.44. The van der Waals surface area contributed by atoms with Gasteiger partial charge in [-0.3, -0.25) is 0 Å². The van der Waals surface area contributed by atoms with Crippen LogP contribution in [0.3, 0.4) is 0 Å². The minimum Gasteiger partial charge on any atom is -0.376 e. The van der Waals surface area contributed by atoms with Gasteiger partial charge in [0.25, 0.3) is 0 Å². The van der Waals surface area contributed by atoms with Crippen molar-refractivity contribution >= 4 is 17.3 Å². The highest BCUT2D eigenvalue weighted by atomic mass is 32.1. The van der Waals surface area contributed by atoms with Crippen molar-refractivity contribution < 1.29 is 0 Å². The van der Waals surface area contributed by atoms with Gasteiger partial charge in [-0.05, 0) is 45.1 Å². The van der Waals surface area contributed by atoms with Crippen LogP contribution in [0.4, 0.5) is 0 Å². The Labute approximate surface area is 79.3 Å². The Balaban J connectivity index is 2.16. The molecule has 1 heterocycles. The van der Waals surface area contributed by atoms with Gasteiger partial charge in [-0.15, -0.1) is 0 Å². The van der Waals surface area contributed by atoms with Gasteiger partial charge < -0.3 is 16.0 Å². The summed E-state index contributed by atoms with van der Waals surface area (Å²) < 4.78 is 0. The molecule has 0 amide bonds. The Kier molecular flexibility index (Phi) is 3.75. The number of hydrogen-bond donors (Lipinski definition) is 2. The first-order chi connectivity index (χ1) is 5.68. The van der Waals surface area contributed by atoms with Crippen molar-refractivity contribution in [3.05, 3.63) is 0 Å². The molecule has 0 aromatic rings. The molecule has 3 N–H and O–H groups in total. The van der Waals surface area contributed by atoms with E-state index < -0.39 is 0 Å². The Bertz CT molecular complexity index is 154. The highest BCUT2D eigenvalue weighted by molar-refractivity contribution is 7.80. The molecular formula is C8H17N3S. The number of hydrogen-bond acceptors (Lipinski definition) is 2. The van der Waals surface area contributed by atoms with E-state index in [-0.39, 0.29) is 0 Å². The van der Waals surface area contributed by atoms with Gasteiger partial charge in [0.05, 0.1) is 0 Å². The van der Waals surface area contributed by atoms with E-state index in [0.29, 0.717) is 11.2 Å². The van der Waals surface area contributed by atoms with Gasteiger partial charge >= 0.3 is 0 Å². The fourth-order valence-electron chi connectivity index (χ4n) is 1.64. The predicted octanol–water partition coefficient (Wildman–Crippen LogP) is 0.304. The van der Waals surface area contributed by atoms with Crippen LogP contribution in [0.2, 0.25) is 0 Å². The molecule has 0 aliphatic carbocycles. The molecule has 70 valence electrons. The average Bonchev–Trinajstić information content (AvgIpc) is 2.37. The molecule has 0 aromatic heterocycles. The summed E-state index contributed by atoms with van der Waals surface area (Å²) in [6.45, 7) is 5.61. The Morgan fingerprint density at radius 1 is 1.58 bits per heavy atom. The molecular weight excluding hydrogens is 170 g/mol. The van der Waals surface area contributed by atoms with E-state index >= 15 is 0 Å². The zero-order chi connectivity index (χ0) is 8.97. The van der Waals surface area contributed by atoms with Crippen molar-refractivity contribution in [1.82, 2.24) is 10.2 Å². The van der Waals surface area contributed by atoms with Gasteiger partial charge in [0.1, 0.15) is 0 Å². The summed E-state index contributed by atoms with van der Waals surface area (Å²) in [5, 5.41) is 3.44. The first-order valence-electron chi connectivity index (χ1n) is 4.47. The standard InChI is InChI=1S/C8H17N3S/c1-7(10-8(9)12)6-11-4-2-3-5-11/h7H,2-6H2,1H3,(H3,9,10,12). The van der Waals surface area contributed by atoms with Crippen LogP contribution >= 0.6 is 12.2 Å². The Morgan fingerprint density at radius 3 is 2.67 bits per heavy atom. The molecule has 1 unspecified atom stereocenters. The van der Waals surface area contributed by atoms with E-state index in [1.807, 2.05) is 0 Å². The molecule has 0 spiro atoms. The predicted molar refractivity (Wildman–Crippen MR) is 55.1 cm³/mol. The lowest BCUT2D eigenvalue weighted by Gasteiger charge is -2.20. The maximum atomic E-state index is 5.37. The maximum Gasteiger partial charge on any atom is 0.163 e. The van der Waals surface area contributed by atoms with Crippen molar-refractivity contribution in [1.29, 1.82) is 0 Å². The number of likely N-dealkylation sites (tertiary alicyclic amines) is 1. The lowest BCUT2D eigenvalue weighted by Crippen LogP contribution is -2.43. The van der Waals surface area contributed by atoms with E-state index in [0.717, 1.165) is 6.54 Å². The molecule has 1 fully saturated rings. The second kappa shape index (κ2) is 4.62. The summed E-state index contributed by atoms with van der Waals surface area (Å²) in [6.07, 6.45) is 2.67. The van der Waals surface area contributed by atoms with Gasteiger partial charge in [-0.2, -0.15) is 0 Å². The molecule has 1 rings (SSSR count). The molecule has 0 saturated carbocycles. The molecule has 1 aliphatic heterocycles. The van der Waals surface area contributed by atoms with Crippen LogP contribution in [0.25, 0.3) is 0 Å². The van der Waals surface area contributed by atoms with Crippen LogP contribution < -0.4 is 11.1 Å². The lowest BCUT2D eigenvalue weighted by atomic mass is 10.3.